The van der Waals surface area contributed by atoms with E-state index in [-0.39, 0.29) is 34.7 Å². The third-order valence-corrected chi connectivity index (χ3v) is 7.71. The average Bonchev–Trinajstić information content (AvgIpc) is 3.18. The van der Waals surface area contributed by atoms with Crippen molar-refractivity contribution in [1.29, 1.82) is 0 Å². The minimum Gasteiger partial charge on any atom is -0.465 e. The molecule has 2 saturated heterocycles. The summed E-state index contributed by atoms with van der Waals surface area (Å²) in [6.45, 7) is 2.81. The molecule has 8 nitrogen and oxygen atoms in total. The van der Waals surface area contributed by atoms with Crippen LogP contribution in [0.5, 0.6) is 0 Å². The van der Waals surface area contributed by atoms with E-state index in [4.69, 9.17) is 4.74 Å². The maximum Gasteiger partial charge on any atom is 0.349 e. The summed E-state index contributed by atoms with van der Waals surface area (Å²) in [5.74, 6) is -0.741. The molecule has 26 heavy (non-hydrogen) atoms. The maximum atomic E-state index is 12.9. The molecule has 0 atom stereocenters. The molecular weight excluding hydrogens is 380 g/mol. The van der Waals surface area contributed by atoms with Crippen LogP contribution in [-0.2, 0) is 24.3 Å². The monoisotopic (exact) mass is 402 g/mol. The summed E-state index contributed by atoms with van der Waals surface area (Å²) in [6.07, 6.45) is 0.959. The molecule has 1 amide bonds. The number of methoxy groups -OCH3 is 1. The Morgan fingerprint density at radius 1 is 1.19 bits per heavy atom. The smallest absolute Gasteiger partial charge is 0.349 e. The van der Waals surface area contributed by atoms with Crippen LogP contribution in [0.1, 0.15) is 22.5 Å². The van der Waals surface area contributed by atoms with Gasteiger partial charge in [0.2, 0.25) is 15.9 Å². The zero-order valence-corrected chi connectivity index (χ0v) is 16.2. The average molecular weight is 402 g/mol. The van der Waals surface area contributed by atoms with Gasteiger partial charge >= 0.3 is 5.97 Å². The van der Waals surface area contributed by atoms with E-state index in [2.05, 4.69) is 4.74 Å². The van der Waals surface area contributed by atoms with Gasteiger partial charge in [-0.3, -0.25) is 4.79 Å². The molecule has 0 aromatic carbocycles. The van der Waals surface area contributed by atoms with Crippen LogP contribution in [0.15, 0.2) is 16.3 Å². The van der Waals surface area contributed by atoms with Crippen molar-refractivity contribution >= 4 is 33.2 Å². The second-order valence-electron chi connectivity index (χ2n) is 6.22. The molecule has 1 aromatic heterocycles. The highest BCUT2D eigenvalue weighted by molar-refractivity contribution is 7.89. The van der Waals surface area contributed by atoms with Crippen LogP contribution in [0.3, 0.4) is 0 Å². The lowest BCUT2D eigenvalue weighted by Crippen LogP contribution is -2.47. The fourth-order valence-corrected chi connectivity index (χ4v) is 6.04. The van der Waals surface area contributed by atoms with E-state index >= 15 is 0 Å². The van der Waals surface area contributed by atoms with Crippen molar-refractivity contribution in [3.63, 3.8) is 0 Å². The van der Waals surface area contributed by atoms with Crippen LogP contribution in [0.2, 0.25) is 0 Å². The standard InChI is InChI=1S/C16H22N2O6S2/c1-23-16(20)14-13(4-11-25-14)26(21,22)18-5-2-12(3-6-18)15(19)17-7-9-24-10-8-17/h4,11-12H,2-3,5-10H2,1H3. The van der Waals surface area contributed by atoms with Gasteiger partial charge in [-0.25, -0.2) is 13.2 Å². The van der Waals surface area contributed by atoms with Crippen LogP contribution < -0.4 is 0 Å². The van der Waals surface area contributed by atoms with Gasteiger partial charge in [-0.15, -0.1) is 11.3 Å². The quantitative estimate of drug-likeness (QED) is 0.692. The Kier molecular flexibility index (Phi) is 5.96. The minimum absolute atomic E-state index is 0.0210. The number of sulfonamides is 1. The van der Waals surface area contributed by atoms with Gasteiger partial charge in [-0.2, -0.15) is 4.31 Å². The Morgan fingerprint density at radius 2 is 1.85 bits per heavy atom. The highest BCUT2D eigenvalue weighted by atomic mass is 32.2. The Labute approximate surface area is 156 Å². The molecule has 0 radical (unpaired) electrons. The molecule has 0 saturated carbocycles. The Bertz CT molecular complexity index is 761. The van der Waals surface area contributed by atoms with Gasteiger partial charge in [0.25, 0.3) is 0 Å². The fraction of sp³-hybridized carbons (Fsp3) is 0.625. The van der Waals surface area contributed by atoms with E-state index < -0.39 is 16.0 Å². The van der Waals surface area contributed by atoms with Gasteiger partial charge in [0.1, 0.15) is 9.77 Å². The third-order valence-electron chi connectivity index (χ3n) is 4.74. The van der Waals surface area contributed by atoms with E-state index in [1.807, 2.05) is 0 Å². The predicted molar refractivity (Wildman–Crippen MR) is 94.5 cm³/mol. The fourth-order valence-electron chi connectivity index (χ4n) is 3.27. The molecule has 0 aliphatic carbocycles. The van der Waals surface area contributed by atoms with Crippen molar-refractivity contribution in [3.05, 3.63) is 16.3 Å². The number of thiophene rings is 1. The SMILES string of the molecule is COC(=O)c1sccc1S(=O)(=O)N1CCC(C(=O)N2CCOCC2)CC1. The highest BCUT2D eigenvalue weighted by Gasteiger charge is 2.36. The molecule has 3 rings (SSSR count). The first-order chi connectivity index (χ1) is 12.4. The number of morpholine rings is 1. The number of esters is 1. The molecule has 0 spiro atoms. The summed E-state index contributed by atoms with van der Waals surface area (Å²) in [7, 11) is -2.56. The second-order valence-corrected chi connectivity index (χ2v) is 9.04. The Morgan fingerprint density at radius 3 is 2.46 bits per heavy atom. The lowest BCUT2D eigenvalue weighted by molar-refractivity contribution is -0.140. The second kappa shape index (κ2) is 8.03. The number of carbonyl (C=O) groups is 2. The van der Waals surface area contributed by atoms with Crippen molar-refractivity contribution in [3.8, 4) is 0 Å². The molecule has 2 fully saturated rings. The van der Waals surface area contributed by atoms with E-state index in [1.165, 1.54) is 17.5 Å². The van der Waals surface area contributed by atoms with E-state index in [0.29, 0.717) is 39.1 Å². The molecule has 144 valence electrons. The topological polar surface area (TPSA) is 93.2 Å². The van der Waals surface area contributed by atoms with Crippen molar-refractivity contribution < 1.29 is 27.5 Å². The van der Waals surface area contributed by atoms with Crippen LogP contribution >= 0.6 is 11.3 Å². The van der Waals surface area contributed by atoms with Crippen molar-refractivity contribution in [1.82, 2.24) is 9.21 Å². The van der Waals surface area contributed by atoms with Gasteiger partial charge in [-0.05, 0) is 24.3 Å². The molecular formula is C16H22N2O6S2. The highest BCUT2D eigenvalue weighted by Crippen LogP contribution is 2.29. The molecule has 2 aliphatic rings. The number of ether oxygens (including phenoxy) is 2. The van der Waals surface area contributed by atoms with Gasteiger partial charge in [0, 0.05) is 32.1 Å². The van der Waals surface area contributed by atoms with Crippen molar-refractivity contribution in [2.75, 3.05) is 46.5 Å². The first-order valence-electron chi connectivity index (χ1n) is 8.47. The van der Waals surface area contributed by atoms with Gasteiger partial charge in [0.05, 0.1) is 20.3 Å². The number of piperidine rings is 1. The van der Waals surface area contributed by atoms with Crippen molar-refractivity contribution in [2.45, 2.75) is 17.7 Å². The summed E-state index contributed by atoms with van der Waals surface area (Å²) >= 11 is 1.04. The lowest BCUT2D eigenvalue weighted by atomic mass is 9.96. The van der Waals surface area contributed by atoms with Gasteiger partial charge in [0.15, 0.2) is 0 Å². The molecule has 0 N–H and O–H groups in total. The zero-order chi connectivity index (χ0) is 18.7. The summed E-state index contributed by atoms with van der Waals surface area (Å²) in [4.78, 5) is 26.2. The van der Waals surface area contributed by atoms with Crippen LogP contribution in [-0.4, -0.2) is 76.0 Å². The van der Waals surface area contributed by atoms with Crippen molar-refractivity contribution in [2.24, 2.45) is 5.92 Å². The Hall–Kier alpha value is -1.49. The van der Waals surface area contributed by atoms with Gasteiger partial charge in [-0.1, -0.05) is 0 Å². The van der Waals surface area contributed by atoms with E-state index in [1.54, 1.807) is 10.3 Å². The molecule has 3 heterocycles. The summed E-state index contributed by atoms with van der Waals surface area (Å²) < 4.78 is 37.0. The lowest BCUT2D eigenvalue weighted by Gasteiger charge is -2.35. The van der Waals surface area contributed by atoms with Crippen LogP contribution in [0, 0.1) is 5.92 Å². The first kappa shape index (κ1) is 19.3. The van der Waals surface area contributed by atoms with E-state index in [9.17, 15) is 18.0 Å². The number of hydrogen-bond acceptors (Lipinski definition) is 7. The molecule has 0 bridgehead atoms. The number of amides is 1. The normalized spacial score (nSPS) is 20.1. The third kappa shape index (κ3) is 3.78. The first-order valence-corrected chi connectivity index (χ1v) is 10.8. The predicted octanol–water partition coefficient (Wildman–Crippen LogP) is 0.794. The minimum atomic E-state index is -3.78. The molecule has 1 aromatic rings. The molecule has 10 heteroatoms. The van der Waals surface area contributed by atoms with Crippen LogP contribution in [0.25, 0.3) is 0 Å². The summed E-state index contributed by atoms with van der Waals surface area (Å²) in [5, 5.41) is 1.56. The number of rotatable bonds is 4. The molecule has 2 aliphatic heterocycles. The number of nitrogens with zero attached hydrogens (tertiary/aromatic N) is 2. The largest absolute Gasteiger partial charge is 0.465 e. The number of carbonyl (C=O) groups excluding carboxylic acids is 2. The van der Waals surface area contributed by atoms with Gasteiger partial charge < -0.3 is 14.4 Å². The number of hydrogen-bond donors (Lipinski definition) is 0. The maximum absolute atomic E-state index is 12.9. The van der Waals surface area contributed by atoms with E-state index in [0.717, 1.165) is 11.3 Å². The zero-order valence-electron chi connectivity index (χ0n) is 14.5. The molecule has 0 unspecified atom stereocenters. The summed E-state index contributed by atoms with van der Waals surface area (Å²) in [6, 6.07) is 1.43. The summed E-state index contributed by atoms with van der Waals surface area (Å²) in [5.41, 5.74) is 0. The Balaban J connectivity index is 1.66. The van der Waals surface area contributed by atoms with Crippen LogP contribution in [0.4, 0.5) is 0 Å².